The van der Waals surface area contributed by atoms with Crippen LogP contribution >= 0.6 is 0 Å². The molecule has 0 aliphatic rings. The van der Waals surface area contributed by atoms with Crippen molar-refractivity contribution < 1.29 is 4.79 Å². The van der Waals surface area contributed by atoms with Gasteiger partial charge in [-0.2, -0.15) is 5.10 Å². The van der Waals surface area contributed by atoms with Gasteiger partial charge in [0.15, 0.2) is 0 Å². The molecular formula is C14H12N4O. The van der Waals surface area contributed by atoms with Gasteiger partial charge in [0.2, 0.25) is 0 Å². The Hall–Kier alpha value is -2.82. The van der Waals surface area contributed by atoms with Crippen LogP contribution in [0.15, 0.2) is 54.9 Å². The van der Waals surface area contributed by atoms with Crippen LogP contribution in [0.5, 0.6) is 0 Å². The van der Waals surface area contributed by atoms with E-state index in [4.69, 9.17) is 5.73 Å². The van der Waals surface area contributed by atoms with E-state index >= 15 is 0 Å². The molecule has 0 saturated carbocycles. The molecule has 0 atom stereocenters. The van der Waals surface area contributed by atoms with Gasteiger partial charge in [0.1, 0.15) is 0 Å². The van der Waals surface area contributed by atoms with E-state index in [2.05, 4.69) is 10.4 Å². The van der Waals surface area contributed by atoms with Crippen LogP contribution in [0.1, 0.15) is 10.4 Å². The minimum Gasteiger partial charge on any atom is -0.399 e. The van der Waals surface area contributed by atoms with Gasteiger partial charge < -0.3 is 11.1 Å². The lowest BCUT2D eigenvalue weighted by Gasteiger charge is -2.04. The fourth-order valence-electron chi connectivity index (χ4n) is 1.92. The molecule has 0 fully saturated rings. The zero-order chi connectivity index (χ0) is 13.2. The number of anilines is 2. The van der Waals surface area contributed by atoms with E-state index in [1.807, 2.05) is 18.2 Å². The highest BCUT2D eigenvalue weighted by atomic mass is 16.1. The van der Waals surface area contributed by atoms with E-state index in [9.17, 15) is 4.79 Å². The first-order valence-corrected chi connectivity index (χ1v) is 5.83. The molecule has 1 aromatic carbocycles. The van der Waals surface area contributed by atoms with E-state index in [0.717, 1.165) is 5.52 Å². The third-order valence-electron chi connectivity index (χ3n) is 2.82. The van der Waals surface area contributed by atoms with Gasteiger partial charge >= 0.3 is 0 Å². The van der Waals surface area contributed by atoms with Crippen molar-refractivity contribution in [2.75, 3.05) is 11.1 Å². The summed E-state index contributed by atoms with van der Waals surface area (Å²) in [6.07, 6.45) is 3.35. The Bertz CT molecular complexity index is 748. The molecule has 5 heteroatoms. The van der Waals surface area contributed by atoms with Crippen molar-refractivity contribution in [3.8, 4) is 0 Å². The van der Waals surface area contributed by atoms with Gasteiger partial charge in [-0.15, -0.1) is 0 Å². The fourth-order valence-corrected chi connectivity index (χ4v) is 1.92. The monoisotopic (exact) mass is 252 g/mol. The molecule has 0 radical (unpaired) electrons. The summed E-state index contributed by atoms with van der Waals surface area (Å²) in [6.45, 7) is 0. The number of rotatable bonds is 2. The smallest absolute Gasteiger partial charge is 0.259 e. The summed E-state index contributed by atoms with van der Waals surface area (Å²) in [7, 11) is 0. The number of hydrogen-bond acceptors (Lipinski definition) is 3. The average molecular weight is 252 g/mol. The van der Waals surface area contributed by atoms with E-state index in [1.54, 1.807) is 41.2 Å². The van der Waals surface area contributed by atoms with Gasteiger partial charge in [0.05, 0.1) is 17.3 Å². The average Bonchev–Trinajstić information content (AvgIpc) is 2.82. The number of nitrogens with one attached hydrogen (secondary N) is 1. The maximum Gasteiger partial charge on any atom is 0.259 e. The topological polar surface area (TPSA) is 72.4 Å². The van der Waals surface area contributed by atoms with Crippen molar-refractivity contribution in [2.45, 2.75) is 0 Å². The minimum absolute atomic E-state index is 0.202. The third kappa shape index (κ3) is 2.13. The van der Waals surface area contributed by atoms with Crippen LogP contribution in [0, 0.1) is 0 Å². The molecule has 2 aromatic heterocycles. The highest BCUT2D eigenvalue weighted by Crippen LogP contribution is 2.15. The predicted molar refractivity (Wildman–Crippen MR) is 74.0 cm³/mol. The number of amides is 1. The molecule has 2 heterocycles. The highest BCUT2D eigenvalue weighted by molar-refractivity contribution is 6.08. The van der Waals surface area contributed by atoms with Crippen LogP contribution in [0.25, 0.3) is 5.52 Å². The summed E-state index contributed by atoms with van der Waals surface area (Å²) in [5.41, 5.74) is 8.25. The number of nitrogens with two attached hydrogens (primary N) is 1. The molecule has 19 heavy (non-hydrogen) atoms. The molecule has 0 unspecified atom stereocenters. The van der Waals surface area contributed by atoms with Gasteiger partial charge in [-0.3, -0.25) is 4.79 Å². The maximum absolute atomic E-state index is 12.2. The molecule has 0 saturated heterocycles. The lowest BCUT2D eigenvalue weighted by molar-refractivity contribution is 0.102. The molecule has 3 rings (SSSR count). The lowest BCUT2D eigenvalue weighted by Crippen LogP contribution is -2.11. The first-order valence-electron chi connectivity index (χ1n) is 5.83. The van der Waals surface area contributed by atoms with E-state index < -0.39 is 0 Å². The summed E-state index contributed by atoms with van der Waals surface area (Å²) in [5.74, 6) is -0.202. The third-order valence-corrected chi connectivity index (χ3v) is 2.82. The summed E-state index contributed by atoms with van der Waals surface area (Å²) in [6, 6.07) is 12.6. The molecule has 0 spiro atoms. The number of fused-ring (bicyclic) bond motifs is 1. The van der Waals surface area contributed by atoms with Crippen molar-refractivity contribution >= 4 is 22.8 Å². The molecule has 1 amide bonds. The van der Waals surface area contributed by atoms with Crippen LogP contribution in [-0.2, 0) is 0 Å². The Labute approximate surface area is 109 Å². The number of benzene rings is 1. The van der Waals surface area contributed by atoms with E-state index in [-0.39, 0.29) is 5.91 Å². The summed E-state index contributed by atoms with van der Waals surface area (Å²) in [5, 5.41) is 6.94. The summed E-state index contributed by atoms with van der Waals surface area (Å²) >= 11 is 0. The molecule has 3 aromatic rings. The predicted octanol–water partition coefficient (Wildman–Crippen LogP) is 2.17. The summed E-state index contributed by atoms with van der Waals surface area (Å²) in [4.78, 5) is 12.2. The Morgan fingerprint density at radius 2 is 2.11 bits per heavy atom. The number of carbonyl (C=O) groups excluding carboxylic acids is 1. The SMILES string of the molecule is Nc1cccc(NC(=O)c2cnn3ccccc23)c1. The zero-order valence-corrected chi connectivity index (χ0v) is 10.1. The van der Waals surface area contributed by atoms with Crippen LogP contribution in [0.2, 0.25) is 0 Å². The second-order valence-corrected chi connectivity index (χ2v) is 4.17. The van der Waals surface area contributed by atoms with Crippen LogP contribution < -0.4 is 11.1 Å². The van der Waals surface area contributed by atoms with Gasteiger partial charge in [-0.25, -0.2) is 4.52 Å². The molecule has 94 valence electrons. The zero-order valence-electron chi connectivity index (χ0n) is 10.1. The Kier molecular flexibility index (Phi) is 2.64. The number of pyridine rings is 1. The number of aromatic nitrogens is 2. The second kappa shape index (κ2) is 4.45. The Balaban J connectivity index is 1.92. The fraction of sp³-hybridized carbons (Fsp3) is 0. The van der Waals surface area contributed by atoms with Gasteiger partial charge in [-0.05, 0) is 30.3 Å². The minimum atomic E-state index is -0.202. The Morgan fingerprint density at radius 1 is 1.21 bits per heavy atom. The van der Waals surface area contributed by atoms with Crippen molar-refractivity contribution in [1.29, 1.82) is 0 Å². The second-order valence-electron chi connectivity index (χ2n) is 4.17. The van der Waals surface area contributed by atoms with E-state index in [0.29, 0.717) is 16.9 Å². The molecule has 0 aliphatic heterocycles. The molecular weight excluding hydrogens is 240 g/mol. The first kappa shape index (κ1) is 11.3. The van der Waals surface area contributed by atoms with Gasteiger partial charge in [0.25, 0.3) is 5.91 Å². The van der Waals surface area contributed by atoms with Crippen molar-refractivity contribution in [3.63, 3.8) is 0 Å². The quantitative estimate of drug-likeness (QED) is 0.686. The van der Waals surface area contributed by atoms with Gasteiger partial charge in [0, 0.05) is 17.6 Å². The molecule has 0 aliphatic carbocycles. The maximum atomic E-state index is 12.2. The molecule has 3 N–H and O–H groups in total. The number of carbonyl (C=O) groups is 1. The lowest BCUT2D eigenvalue weighted by atomic mass is 10.2. The van der Waals surface area contributed by atoms with Crippen molar-refractivity contribution in [3.05, 3.63) is 60.4 Å². The number of nitrogens with zero attached hydrogens (tertiary/aromatic N) is 2. The largest absolute Gasteiger partial charge is 0.399 e. The number of nitrogen functional groups attached to an aromatic ring is 1. The molecule has 5 nitrogen and oxygen atoms in total. The summed E-state index contributed by atoms with van der Waals surface area (Å²) < 4.78 is 1.66. The first-order chi connectivity index (χ1) is 9.24. The normalized spacial score (nSPS) is 10.5. The standard InChI is InChI=1S/C14H12N4O/c15-10-4-3-5-11(8-10)17-14(19)12-9-16-18-7-2-1-6-13(12)18/h1-9H,15H2,(H,17,19). The van der Waals surface area contributed by atoms with Crippen molar-refractivity contribution in [1.82, 2.24) is 9.61 Å². The van der Waals surface area contributed by atoms with Crippen LogP contribution in [0.3, 0.4) is 0 Å². The molecule has 0 bridgehead atoms. The number of hydrogen-bond donors (Lipinski definition) is 2. The Morgan fingerprint density at radius 3 is 2.95 bits per heavy atom. The van der Waals surface area contributed by atoms with Crippen LogP contribution in [-0.4, -0.2) is 15.5 Å². The van der Waals surface area contributed by atoms with Crippen molar-refractivity contribution in [2.24, 2.45) is 0 Å². The highest BCUT2D eigenvalue weighted by Gasteiger charge is 2.12. The van der Waals surface area contributed by atoms with Gasteiger partial charge in [-0.1, -0.05) is 12.1 Å². The van der Waals surface area contributed by atoms with E-state index in [1.165, 1.54) is 0 Å². The van der Waals surface area contributed by atoms with Crippen LogP contribution in [0.4, 0.5) is 11.4 Å².